The number of nitrogens with zero attached hydrogens (tertiary/aromatic N) is 3. The third-order valence-electron chi connectivity index (χ3n) is 3.29. The van der Waals surface area contributed by atoms with Crippen molar-refractivity contribution >= 4 is 39.8 Å². The lowest BCUT2D eigenvalue weighted by molar-refractivity contribution is 0.926. The Kier molecular flexibility index (Phi) is 4.07. The Morgan fingerprint density at radius 2 is 2.00 bits per heavy atom. The Bertz CT molecular complexity index is 546. The molecule has 1 aliphatic rings. The SMILES string of the molecule is CCc1cc2c(N3CCCC3)nc(C)nc2s1.Cl. The maximum Gasteiger partial charge on any atom is 0.141 e. The summed E-state index contributed by atoms with van der Waals surface area (Å²) in [5.74, 6) is 2.05. The van der Waals surface area contributed by atoms with E-state index < -0.39 is 0 Å². The van der Waals surface area contributed by atoms with Gasteiger partial charge in [0.2, 0.25) is 0 Å². The lowest BCUT2D eigenvalue weighted by atomic mass is 10.3. The highest BCUT2D eigenvalue weighted by Gasteiger charge is 2.18. The minimum Gasteiger partial charge on any atom is -0.356 e. The van der Waals surface area contributed by atoms with Gasteiger partial charge in [-0.2, -0.15) is 0 Å². The fraction of sp³-hybridized carbons (Fsp3) is 0.538. The summed E-state index contributed by atoms with van der Waals surface area (Å²) in [6.07, 6.45) is 3.66. The van der Waals surface area contributed by atoms with Crippen LogP contribution >= 0.6 is 23.7 Å². The third-order valence-corrected chi connectivity index (χ3v) is 4.46. The number of halogens is 1. The third kappa shape index (κ3) is 2.31. The van der Waals surface area contributed by atoms with Crippen molar-refractivity contribution in [2.75, 3.05) is 18.0 Å². The number of anilines is 1. The van der Waals surface area contributed by atoms with E-state index in [1.54, 1.807) is 11.3 Å². The maximum atomic E-state index is 4.65. The molecule has 0 N–H and O–H groups in total. The molecule has 5 heteroatoms. The molecule has 3 rings (SSSR count). The number of aromatic nitrogens is 2. The van der Waals surface area contributed by atoms with E-state index in [1.165, 1.54) is 23.1 Å². The second-order valence-corrected chi connectivity index (χ2v) is 5.69. The summed E-state index contributed by atoms with van der Waals surface area (Å²) >= 11 is 1.81. The van der Waals surface area contributed by atoms with Gasteiger partial charge in [0, 0.05) is 18.0 Å². The van der Waals surface area contributed by atoms with Crippen LogP contribution in [0.1, 0.15) is 30.5 Å². The first kappa shape index (κ1) is 13.6. The zero-order chi connectivity index (χ0) is 11.8. The van der Waals surface area contributed by atoms with E-state index in [9.17, 15) is 0 Å². The summed E-state index contributed by atoms with van der Waals surface area (Å²) in [5.41, 5.74) is 0. The molecule has 2 aromatic heterocycles. The topological polar surface area (TPSA) is 29.0 Å². The summed E-state index contributed by atoms with van der Waals surface area (Å²) in [6.45, 7) is 6.47. The minimum atomic E-state index is 0. The number of rotatable bonds is 2. The van der Waals surface area contributed by atoms with Crippen molar-refractivity contribution < 1.29 is 0 Å². The molecule has 1 aliphatic heterocycles. The molecule has 0 radical (unpaired) electrons. The molecule has 1 saturated heterocycles. The molecule has 98 valence electrons. The van der Waals surface area contributed by atoms with Gasteiger partial charge in [0.25, 0.3) is 0 Å². The Hall–Kier alpha value is -0.870. The normalized spacial score (nSPS) is 15.1. The van der Waals surface area contributed by atoms with Crippen molar-refractivity contribution in [2.24, 2.45) is 0 Å². The van der Waals surface area contributed by atoms with E-state index in [0.717, 1.165) is 36.0 Å². The largest absolute Gasteiger partial charge is 0.356 e. The fourth-order valence-electron chi connectivity index (χ4n) is 2.40. The molecule has 0 saturated carbocycles. The maximum absolute atomic E-state index is 4.65. The van der Waals surface area contributed by atoms with Crippen molar-refractivity contribution in [1.29, 1.82) is 0 Å². The van der Waals surface area contributed by atoms with Gasteiger partial charge >= 0.3 is 0 Å². The van der Waals surface area contributed by atoms with E-state index in [4.69, 9.17) is 0 Å². The molecule has 0 atom stereocenters. The van der Waals surface area contributed by atoms with Crippen LogP contribution in [0.15, 0.2) is 6.07 Å². The van der Waals surface area contributed by atoms with Gasteiger partial charge < -0.3 is 4.90 Å². The van der Waals surface area contributed by atoms with Crippen LogP contribution in [0.25, 0.3) is 10.2 Å². The standard InChI is InChI=1S/C13H17N3S.ClH/c1-3-10-8-11-12(16-6-4-5-7-16)14-9(2)15-13(11)17-10;/h8H,3-7H2,1-2H3;1H. The number of fused-ring (bicyclic) bond motifs is 1. The molecule has 0 amide bonds. The molecule has 0 bridgehead atoms. The minimum absolute atomic E-state index is 0. The number of hydrogen-bond acceptors (Lipinski definition) is 4. The van der Waals surface area contributed by atoms with Crippen LogP contribution < -0.4 is 4.90 Å². The van der Waals surface area contributed by atoms with E-state index in [1.807, 2.05) is 6.92 Å². The summed E-state index contributed by atoms with van der Waals surface area (Å²) in [7, 11) is 0. The first-order valence-electron chi connectivity index (χ1n) is 6.30. The van der Waals surface area contributed by atoms with Gasteiger partial charge in [0.15, 0.2) is 0 Å². The number of aryl methyl sites for hydroxylation is 2. The molecule has 2 aromatic rings. The second-order valence-electron chi connectivity index (χ2n) is 4.57. The van der Waals surface area contributed by atoms with Crippen molar-refractivity contribution in [3.05, 3.63) is 16.8 Å². The zero-order valence-corrected chi connectivity index (χ0v) is 12.4. The van der Waals surface area contributed by atoms with E-state index in [0.29, 0.717) is 0 Å². The lowest BCUT2D eigenvalue weighted by Crippen LogP contribution is -2.19. The van der Waals surface area contributed by atoms with Gasteiger partial charge in [0.1, 0.15) is 16.5 Å². The first-order chi connectivity index (χ1) is 8.28. The second kappa shape index (κ2) is 5.41. The van der Waals surface area contributed by atoms with Crippen molar-refractivity contribution in [2.45, 2.75) is 33.1 Å². The highest BCUT2D eigenvalue weighted by Crippen LogP contribution is 2.32. The highest BCUT2D eigenvalue weighted by atomic mass is 35.5. The van der Waals surface area contributed by atoms with Crippen LogP contribution in [0.2, 0.25) is 0 Å². The number of thiophene rings is 1. The molecule has 0 spiro atoms. The van der Waals surface area contributed by atoms with Crippen LogP contribution in [-0.2, 0) is 6.42 Å². The average molecular weight is 284 g/mol. The summed E-state index contributed by atoms with van der Waals surface area (Å²) < 4.78 is 0. The molecule has 0 aromatic carbocycles. The van der Waals surface area contributed by atoms with Crippen molar-refractivity contribution in [3.8, 4) is 0 Å². The van der Waals surface area contributed by atoms with Crippen LogP contribution in [0.4, 0.5) is 5.82 Å². The quantitative estimate of drug-likeness (QED) is 0.843. The summed E-state index contributed by atoms with van der Waals surface area (Å²) in [6, 6.07) is 2.27. The lowest BCUT2D eigenvalue weighted by Gasteiger charge is -2.17. The average Bonchev–Trinajstić information content (AvgIpc) is 2.96. The van der Waals surface area contributed by atoms with Crippen LogP contribution in [0.3, 0.4) is 0 Å². The Balaban J connectivity index is 0.00000120. The van der Waals surface area contributed by atoms with Crippen LogP contribution in [-0.4, -0.2) is 23.1 Å². The molecule has 3 heterocycles. The van der Waals surface area contributed by atoms with E-state index >= 15 is 0 Å². The van der Waals surface area contributed by atoms with Gasteiger partial charge in [-0.1, -0.05) is 6.92 Å². The molecule has 0 unspecified atom stereocenters. The van der Waals surface area contributed by atoms with Gasteiger partial charge in [-0.25, -0.2) is 9.97 Å². The van der Waals surface area contributed by atoms with Gasteiger partial charge in [-0.3, -0.25) is 0 Å². The monoisotopic (exact) mass is 283 g/mol. The Labute approximate surface area is 118 Å². The Morgan fingerprint density at radius 3 is 2.67 bits per heavy atom. The van der Waals surface area contributed by atoms with Gasteiger partial charge in [-0.05, 0) is 32.3 Å². The zero-order valence-electron chi connectivity index (χ0n) is 10.8. The first-order valence-corrected chi connectivity index (χ1v) is 7.11. The van der Waals surface area contributed by atoms with Gasteiger partial charge in [0.05, 0.1) is 5.39 Å². The van der Waals surface area contributed by atoms with Crippen molar-refractivity contribution in [1.82, 2.24) is 9.97 Å². The van der Waals surface area contributed by atoms with E-state index in [-0.39, 0.29) is 12.4 Å². The van der Waals surface area contributed by atoms with Crippen molar-refractivity contribution in [3.63, 3.8) is 0 Å². The molecule has 18 heavy (non-hydrogen) atoms. The molecule has 1 fully saturated rings. The smallest absolute Gasteiger partial charge is 0.141 e. The fourth-order valence-corrected chi connectivity index (χ4v) is 3.41. The highest BCUT2D eigenvalue weighted by molar-refractivity contribution is 7.18. The van der Waals surface area contributed by atoms with Crippen LogP contribution in [0.5, 0.6) is 0 Å². The van der Waals surface area contributed by atoms with Gasteiger partial charge in [-0.15, -0.1) is 23.7 Å². The molecular formula is C13H18ClN3S. The number of hydrogen-bond donors (Lipinski definition) is 0. The molecule has 3 nitrogen and oxygen atoms in total. The molecule has 0 aliphatic carbocycles. The van der Waals surface area contributed by atoms with E-state index in [2.05, 4.69) is 27.9 Å². The summed E-state index contributed by atoms with van der Waals surface area (Å²) in [5, 5.41) is 1.25. The predicted molar refractivity (Wildman–Crippen MR) is 80.2 cm³/mol. The predicted octanol–water partition coefficient (Wildman–Crippen LogP) is 3.58. The summed E-state index contributed by atoms with van der Waals surface area (Å²) in [4.78, 5) is 14.2. The van der Waals surface area contributed by atoms with Crippen LogP contribution in [0, 0.1) is 6.92 Å². The Morgan fingerprint density at radius 1 is 1.28 bits per heavy atom. The molecular weight excluding hydrogens is 266 g/mol.